The Labute approximate surface area is 137 Å². The van der Waals surface area contributed by atoms with Crippen molar-refractivity contribution in [2.45, 2.75) is 32.0 Å². The van der Waals surface area contributed by atoms with Gasteiger partial charge in [0.2, 0.25) is 0 Å². The molecule has 0 radical (unpaired) electrons. The molecule has 0 N–H and O–H groups in total. The van der Waals surface area contributed by atoms with E-state index in [9.17, 15) is 4.39 Å². The maximum atomic E-state index is 14.1. The third-order valence-corrected chi connectivity index (χ3v) is 5.56. The van der Waals surface area contributed by atoms with Gasteiger partial charge in [-0.15, -0.1) is 0 Å². The Kier molecular flexibility index (Phi) is 4.78. The van der Waals surface area contributed by atoms with E-state index in [4.69, 9.17) is 14.2 Å². The summed E-state index contributed by atoms with van der Waals surface area (Å²) >= 11 is 0. The third-order valence-electron chi connectivity index (χ3n) is 5.56. The number of hydrogen-bond donors (Lipinski definition) is 0. The number of anilines is 1. The molecule has 23 heavy (non-hydrogen) atoms. The van der Waals surface area contributed by atoms with E-state index in [-0.39, 0.29) is 12.1 Å². The fourth-order valence-electron chi connectivity index (χ4n) is 4.22. The van der Waals surface area contributed by atoms with Crippen molar-refractivity contribution in [2.24, 2.45) is 11.3 Å². The summed E-state index contributed by atoms with van der Waals surface area (Å²) in [5, 5.41) is 0. The molecule has 1 aromatic rings. The lowest BCUT2D eigenvalue weighted by molar-refractivity contribution is -0.184. The molecule has 0 unspecified atom stereocenters. The molecule has 0 amide bonds. The normalized spacial score (nSPS) is 20.8. The third kappa shape index (κ3) is 3.17. The minimum atomic E-state index is -0.174. The monoisotopic (exact) mass is 323 g/mol. The lowest BCUT2D eigenvalue weighted by Gasteiger charge is -2.53. The summed E-state index contributed by atoms with van der Waals surface area (Å²) in [4.78, 5) is 2.14. The maximum Gasteiger partial charge on any atom is 0.159 e. The van der Waals surface area contributed by atoms with Crippen LogP contribution >= 0.6 is 0 Å². The van der Waals surface area contributed by atoms with Crippen molar-refractivity contribution in [3.63, 3.8) is 0 Å². The second-order valence-corrected chi connectivity index (χ2v) is 6.81. The second-order valence-electron chi connectivity index (χ2n) is 6.81. The van der Waals surface area contributed by atoms with Gasteiger partial charge in [0.05, 0.1) is 12.8 Å². The van der Waals surface area contributed by atoms with Crippen LogP contribution in [0, 0.1) is 17.2 Å². The number of nitrogens with zero attached hydrogens (tertiary/aromatic N) is 1. The van der Waals surface area contributed by atoms with Crippen LogP contribution in [-0.2, 0) is 9.47 Å². The van der Waals surface area contributed by atoms with E-state index in [1.165, 1.54) is 6.07 Å². The summed E-state index contributed by atoms with van der Waals surface area (Å²) < 4.78 is 30.1. The largest absolute Gasteiger partial charge is 0.497 e. The van der Waals surface area contributed by atoms with Gasteiger partial charge < -0.3 is 19.1 Å². The number of rotatable bonds is 5. The van der Waals surface area contributed by atoms with Gasteiger partial charge in [-0.25, -0.2) is 4.39 Å². The smallest absolute Gasteiger partial charge is 0.159 e. The van der Waals surface area contributed by atoms with Crippen LogP contribution in [0.2, 0.25) is 0 Å². The average Bonchev–Trinajstić information content (AvgIpc) is 2.55. The predicted molar refractivity (Wildman–Crippen MR) is 87.4 cm³/mol. The highest BCUT2D eigenvalue weighted by atomic mass is 19.1. The van der Waals surface area contributed by atoms with E-state index in [1.54, 1.807) is 33.5 Å². The molecule has 2 aliphatic rings. The Bertz CT molecular complexity index is 531. The summed E-state index contributed by atoms with van der Waals surface area (Å²) in [6.07, 6.45) is 4.40. The minimum Gasteiger partial charge on any atom is -0.497 e. The molecule has 1 saturated carbocycles. The lowest BCUT2D eigenvalue weighted by Crippen LogP contribution is -2.50. The van der Waals surface area contributed by atoms with Crippen LogP contribution in [0.25, 0.3) is 0 Å². The second kappa shape index (κ2) is 6.65. The zero-order chi connectivity index (χ0) is 16.4. The minimum absolute atomic E-state index is 0.0884. The fourth-order valence-corrected chi connectivity index (χ4v) is 4.22. The Morgan fingerprint density at radius 2 is 1.78 bits per heavy atom. The highest BCUT2D eigenvalue weighted by molar-refractivity contribution is 5.52. The zero-order valence-electron chi connectivity index (χ0n) is 14.2. The summed E-state index contributed by atoms with van der Waals surface area (Å²) in [6, 6.07) is 4.94. The SMILES string of the molecule is COc1ccc(F)c(N2CCC3(CC2)CC(C(OC)OC)C3)c1. The molecule has 0 aromatic heterocycles. The highest BCUT2D eigenvalue weighted by Gasteiger charge is 2.48. The van der Waals surface area contributed by atoms with Gasteiger partial charge in [0.25, 0.3) is 0 Å². The number of ether oxygens (including phenoxy) is 3. The van der Waals surface area contributed by atoms with E-state index < -0.39 is 0 Å². The van der Waals surface area contributed by atoms with E-state index in [0.29, 0.717) is 22.8 Å². The van der Waals surface area contributed by atoms with Crippen molar-refractivity contribution in [2.75, 3.05) is 39.3 Å². The molecule has 0 atom stereocenters. The first kappa shape index (κ1) is 16.5. The number of hydrogen-bond acceptors (Lipinski definition) is 4. The standard InChI is InChI=1S/C18H26FNO3/c1-21-14-4-5-15(19)16(10-14)20-8-6-18(7-9-20)11-13(12-18)17(22-2)23-3/h4-5,10,13,17H,6-9,11-12H2,1-3H3. The van der Waals surface area contributed by atoms with Gasteiger partial charge in [0.15, 0.2) is 6.29 Å². The van der Waals surface area contributed by atoms with Crippen LogP contribution in [0.1, 0.15) is 25.7 Å². The van der Waals surface area contributed by atoms with E-state index in [0.717, 1.165) is 38.8 Å². The summed E-state index contributed by atoms with van der Waals surface area (Å²) in [5.41, 5.74) is 1.05. The van der Waals surface area contributed by atoms with E-state index in [2.05, 4.69) is 4.90 Å². The van der Waals surface area contributed by atoms with Crippen LogP contribution < -0.4 is 9.64 Å². The van der Waals surface area contributed by atoms with Crippen molar-refractivity contribution in [3.05, 3.63) is 24.0 Å². The van der Waals surface area contributed by atoms with Crippen LogP contribution in [0.3, 0.4) is 0 Å². The van der Waals surface area contributed by atoms with Gasteiger partial charge in [0.1, 0.15) is 11.6 Å². The van der Waals surface area contributed by atoms with Crippen molar-refractivity contribution >= 4 is 5.69 Å². The highest BCUT2D eigenvalue weighted by Crippen LogP contribution is 2.54. The molecule has 2 fully saturated rings. The zero-order valence-corrected chi connectivity index (χ0v) is 14.2. The molecule has 1 saturated heterocycles. The first-order valence-electron chi connectivity index (χ1n) is 8.25. The molecule has 3 rings (SSSR count). The lowest BCUT2D eigenvalue weighted by atomic mass is 9.57. The molecule has 5 heteroatoms. The topological polar surface area (TPSA) is 30.9 Å². The van der Waals surface area contributed by atoms with Gasteiger partial charge in [-0.2, -0.15) is 0 Å². The first-order valence-corrected chi connectivity index (χ1v) is 8.25. The summed E-state index contributed by atoms with van der Waals surface area (Å²) in [6.45, 7) is 1.78. The van der Waals surface area contributed by atoms with Crippen LogP contribution in [0.5, 0.6) is 5.75 Å². The van der Waals surface area contributed by atoms with Gasteiger partial charge in [-0.05, 0) is 43.2 Å². The molecule has 1 heterocycles. The summed E-state index contributed by atoms with van der Waals surface area (Å²) in [5.74, 6) is 1.02. The van der Waals surface area contributed by atoms with E-state index in [1.807, 2.05) is 0 Å². The molecule has 1 spiro atoms. The number of piperidine rings is 1. The quantitative estimate of drug-likeness (QED) is 0.777. The van der Waals surface area contributed by atoms with Gasteiger partial charge in [-0.3, -0.25) is 0 Å². The number of methoxy groups -OCH3 is 3. The molecule has 1 aliphatic carbocycles. The first-order chi connectivity index (χ1) is 11.1. The van der Waals surface area contributed by atoms with Crippen molar-refractivity contribution in [3.8, 4) is 5.75 Å². The Morgan fingerprint density at radius 3 is 2.35 bits per heavy atom. The van der Waals surface area contributed by atoms with Crippen molar-refractivity contribution in [1.29, 1.82) is 0 Å². The van der Waals surface area contributed by atoms with Gasteiger partial charge >= 0.3 is 0 Å². The molecule has 1 aromatic carbocycles. The Morgan fingerprint density at radius 1 is 1.13 bits per heavy atom. The Balaban J connectivity index is 1.60. The Hall–Kier alpha value is -1.33. The van der Waals surface area contributed by atoms with Crippen molar-refractivity contribution in [1.82, 2.24) is 0 Å². The molecular formula is C18H26FNO3. The van der Waals surface area contributed by atoms with Crippen LogP contribution in [0.4, 0.5) is 10.1 Å². The number of benzene rings is 1. The average molecular weight is 323 g/mol. The molecule has 128 valence electrons. The predicted octanol–water partition coefficient (Wildman–Crippen LogP) is 3.45. The molecule has 0 bridgehead atoms. The molecule has 1 aliphatic heterocycles. The van der Waals surface area contributed by atoms with E-state index >= 15 is 0 Å². The maximum absolute atomic E-state index is 14.1. The number of halogens is 1. The molecular weight excluding hydrogens is 297 g/mol. The van der Waals surface area contributed by atoms with Gasteiger partial charge in [0, 0.05) is 39.3 Å². The van der Waals surface area contributed by atoms with Gasteiger partial charge in [-0.1, -0.05) is 0 Å². The van der Waals surface area contributed by atoms with Crippen LogP contribution in [0.15, 0.2) is 18.2 Å². The fraction of sp³-hybridized carbons (Fsp3) is 0.667. The van der Waals surface area contributed by atoms with Crippen LogP contribution in [-0.4, -0.2) is 40.7 Å². The van der Waals surface area contributed by atoms with Crippen molar-refractivity contribution < 1.29 is 18.6 Å². The molecule has 4 nitrogen and oxygen atoms in total. The summed E-state index contributed by atoms with van der Waals surface area (Å²) in [7, 11) is 5.01.